The lowest BCUT2D eigenvalue weighted by Gasteiger charge is -2.24. The van der Waals surface area contributed by atoms with Gasteiger partial charge in [-0.15, -0.1) is 0 Å². The van der Waals surface area contributed by atoms with Crippen LogP contribution in [0.3, 0.4) is 0 Å². The van der Waals surface area contributed by atoms with Crippen molar-refractivity contribution < 1.29 is 4.74 Å². The molecule has 0 radical (unpaired) electrons. The lowest BCUT2D eigenvalue weighted by Crippen LogP contribution is -2.33. The minimum atomic E-state index is -0.159. The Hall–Kier alpha value is -1.59. The van der Waals surface area contributed by atoms with Gasteiger partial charge in [0.1, 0.15) is 0 Å². The molecule has 2 aromatic rings. The molecule has 1 aromatic heterocycles. The van der Waals surface area contributed by atoms with Crippen LogP contribution in [-0.4, -0.2) is 29.2 Å². The maximum absolute atomic E-state index is 11.3. The summed E-state index contributed by atoms with van der Waals surface area (Å²) < 4.78 is 5.72. The van der Waals surface area contributed by atoms with E-state index in [4.69, 9.17) is 4.74 Å². The number of rotatable bonds is 4. The van der Waals surface area contributed by atoms with Crippen LogP contribution in [0.5, 0.6) is 0 Å². The second-order valence-corrected chi connectivity index (χ2v) is 5.50. The first-order valence-electron chi connectivity index (χ1n) is 7.29. The normalized spacial score (nSPS) is 21.1. The zero-order valence-electron chi connectivity index (χ0n) is 11.7. The third-order valence-electron chi connectivity index (χ3n) is 3.97. The van der Waals surface area contributed by atoms with E-state index in [9.17, 15) is 4.79 Å². The number of fused-ring (bicyclic) bond motifs is 1. The smallest absolute Gasteiger partial charge is 0.323 e. The van der Waals surface area contributed by atoms with Crippen molar-refractivity contribution in [1.29, 1.82) is 0 Å². The molecule has 1 aliphatic rings. The highest BCUT2D eigenvalue weighted by molar-refractivity contribution is 5.75. The van der Waals surface area contributed by atoms with E-state index < -0.39 is 0 Å². The molecule has 20 heavy (non-hydrogen) atoms. The predicted molar refractivity (Wildman–Crippen MR) is 78.9 cm³/mol. The van der Waals surface area contributed by atoms with Crippen molar-refractivity contribution in [2.45, 2.75) is 38.3 Å². The van der Waals surface area contributed by atoms with Crippen molar-refractivity contribution in [1.82, 2.24) is 15.3 Å². The van der Waals surface area contributed by atoms with Crippen molar-refractivity contribution in [3.8, 4) is 0 Å². The highest BCUT2D eigenvalue weighted by Crippen LogP contribution is 2.18. The SMILES string of the molecule is CC(NCC1CCCCO1)c1ccc2[nH]c(=O)[nH]c2c1. The third-order valence-corrected chi connectivity index (χ3v) is 3.97. The Labute approximate surface area is 117 Å². The number of benzene rings is 1. The summed E-state index contributed by atoms with van der Waals surface area (Å²) in [4.78, 5) is 16.8. The Balaban J connectivity index is 1.65. The molecule has 1 fully saturated rings. The van der Waals surface area contributed by atoms with Gasteiger partial charge in [-0.3, -0.25) is 0 Å². The number of ether oxygens (including phenoxy) is 1. The summed E-state index contributed by atoms with van der Waals surface area (Å²) >= 11 is 0. The van der Waals surface area contributed by atoms with Crippen LogP contribution in [0.4, 0.5) is 0 Å². The highest BCUT2D eigenvalue weighted by atomic mass is 16.5. The van der Waals surface area contributed by atoms with Crippen molar-refractivity contribution in [2.75, 3.05) is 13.2 Å². The van der Waals surface area contributed by atoms with E-state index in [-0.39, 0.29) is 11.7 Å². The number of nitrogens with one attached hydrogen (secondary N) is 3. The van der Waals surface area contributed by atoms with Crippen molar-refractivity contribution in [3.05, 3.63) is 34.2 Å². The van der Waals surface area contributed by atoms with E-state index >= 15 is 0 Å². The summed E-state index contributed by atoms with van der Waals surface area (Å²) in [6.07, 6.45) is 3.92. The first kappa shape index (κ1) is 13.4. The van der Waals surface area contributed by atoms with Gasteiger partial charge in [0.05, 0.1) is 17.1 Å². The van der Waals surface area contributed by atoms with E-state index in [0.717, 1.165) is 30.6 Å². The summed E-state index contributed by atoms with van der Waals surface area (Å²) in [5.41, 5.74) is 2.72. The predicted octanol–water partition coefficient (Wildman–Crippen LogP) is 2.08. The number of aromatic amines is 2. The van der Waals surface area contributed by atoms with E-state index in [1.807, 2.05) is 18.2 Å². The van der Waals surface area contributed by atoms with Crippen LogP contribution in [0.1, 0.15) is 37.8 Å². The van der Waals surface area contributed by atoms with E-state index in [2.05, 4.69) is 22.2 Å². The van der Waals surface area contributed by atoms with Crippen LogP contribution in [0.15, 0.2) is 23.0 Å². The van der Waals surface area contributed by atoms with Crippen LogP contribution in [0.25, 0.3) is 11.0 Å². The molecule has 5 nitrogen and oxygen atoms in total. The van der Waals surface area contributed by atoms with Gasteiger partial charge >= 0.3 is 5.69 Å². The number of aromatic nitrogens is 2. The van der Waals surface area contributed by atoms with Gasteiger partial charge in [0, 0.05) is 19.2 Å². The van der Waals surface area contributed by atoms with Gasteiger partial charge in [0.15, 0.2) is 0 Å². The number of H-pyrrole nitrogens is 2. The average Bonchev–Trinajstić information content (AvgIpc) is 2.85. The van der Waals surface area contributed by atoms with Gasteiger partial charge in [0.25, 0.3) is 0 Å². The molecule has 5 heteroatoms. The molecule has 1 aromatic carbocycles. The monoisotopic (exact) mass is 275 g/mol. The quantitative estimate of drug-likeness (QED) is 0.800. The van der Waals surface area contributed by atoms with E-state index in [1.165, 1.54) is 18.4 Å². The first-order chi connectivity index (χ1) is 9.72. The standard InChI is InChI=1S/C15H21N3O2/c1-10(16-9-12-4-2-3-7-20-12)11-5-6-13-14(8-11)18-15(19)17-13/h5-6,8,10,12,16H,2-4,7,9H2,1H3,(H2,17,18,19). The molecule has 108 valence electrons. The Bertz CT molecular complexity index is 625. The minimum absolute atomic E-state index is 0.159. The Morgan fingerprint density at radius 3 is 3.00 bits per heavy atom. The van der Waals surface area contributed by atoms with E-state index in [0.29, 0.717) is 6.10 Å². The van der Waals surface area contributed by atoms with Crippen molar-refractivity contribution in [2.24, 2.45) is 0 Å². The molecule has 2 heterocycles. The molecule has 3 rings (SSSR count). The topological polar surface area (TPSA) is 69.9 Å². The van der Waals surface area contributed by atoms with Crippen LogP contribution in [-0.2, 0) is 4.74 Å². The van der Waals surface area contributed by atoms with Crippen LogP contribution >= 0.6 is 0 Å². The molecular formula is C15H21N3O2. The summed E-state index contributed by atoms with van der Waals surface area (Å²) in [6.45, 7) is 3.90. The maximum atomic E-state index is 11.3. The molecule has 1 saturated heterocycles. The van der Waals surface area contributed by atoms with Crippen LogP contribution in [0.2, 0.25) is 0 Å². The van der Waals surface area contributed by atoms with Gasteiger partial charge in [-0.2, -0.15) is 0 Å². The van der Waals surface area contributed by atoms with E-state index in [1.54, 1.807) is 0 Å². The zero-order valence-corrected chi connectivity index (χ0v) is 11.7. The summed E-state index contributed by atoms with van der Waals surface area (Å²) in [5, 5.41) is 3.51. The van der Waals surface area contributed by atoms with Gasteiger partial charge in [-0.1, -0.05) is 6.07 Å². The molecular weight excluding hydrogens is 254 g/mol. The molecule has 1 aliphatic heterocycles. The fourth-order valence-corrected chi connectivity index (χ4v) is 2.71. The second-order valence-electron chi connectivity index (χ2n) is 5.50. The van der Waals surface area contributed by atoms with Gasteiger partial charge in [-0.25, -0.2) is 4.79 Å². The van der Waals surface area contributed by atoms with Crippen LogP contribution in [0, 0.1) is 0 Å². The molecule has 0 amide bonds. The highest BCUT2D eigenvalue weighted by Gasteiger charge is 2.15. The number of hydrogen-bond donors (Lipinski definition) is 3. The summed E-state index contributed by atoms with van der Waals surface area (Å²) in [5.74, 6) is 0. The lowest BCUT2D eigenvalue weighted by atomic mass is 10.1. The number of hydrogen-bond acceptors (Lipinski definition) is 3. The molecule has 3 N–H and O–H groups in total. The second kappa shape index (κ2) is 5.81. The van der Waals surface area contributed by atoms with Gasteiger partial charge in [-0.05, 0) is 43.9 Å². The largest absolute Gasteiger partial charge is 0.377 e. The van der Waals surface area contributed by atoms with Crippen molar-refractivity contribution in [3.63, 3.8) is 0 Å². The fraction of sp³-hybridized carbons (Fsp3) is 0.533. The molecule has 0 saturated carbocycles. The maximum Gasteiger partial charge on any atom is 0.323 e. The molecule has 0 aliphatic carbocycles. The Kier molecular flexibility index (Phi) is 3.89. The summed E-state index contributed by atoms with van der Waals surface area (Å²) in [7, 11) is 0. The molecule has 2 atom stereocenters. The lowest BCUT2D eigenvalue weighted by molar-refractivity contribution is 0.0156. The molecule has 2 unspecified atom stereocenters. The summed E-state index contributed by atoms with van der Waals surface area (Å²) in [6, 6.07) is 6.25. The zero-order chi connectivity index (χ0) is 13.9. The van der Waals surface area contributed by atoms with Gasteiger partial charge < -0.3 is 20.0 Å². The van der Waals surface area contributed by atoms with Crippen molar-refractivity contribution >= 4 is 11.0 Å². The number of imidazole rings is 1. The minimum Gasteiger partial charge on any atom is -0.377 e. The Morgan fingerprint density at radius 2 is 2.20 bits per heavy atom. The molecule has 0 bridgehead atoms. The average molecular weight is 275 g/mol. The molecule has 0 spiro atoms. The third kappa shape index (κ3) is 2.94. The fourth-order valence-electron chi connectivity index (χ4n) is 2.71. The first-order valence-corrected chi connectivity index (χ1v) is 7.29. The Morgan fingerprint density at radius 1 is 1.35 bits per heavy atom. The van der Waals surface area contributed by atoms with Gasteiger partial charge in [0.2, 0.25) is 0 Å². The van der Waals surface area contributed by atoms with Crippen LogP contribution < -0.4 is 11.0 Å².